The van der Waals surface area contributed by atoms with Gasteiger partial charge in [0.15, 0.2) is 0 Å². The zero-order valence-electron chi connectivity index (χ0n) is 8.86. The first-order valence-electron chi connectivity index (χ1n) is 4.97. The van der Waals surface area contributed by atoms with Crippen LogP contribution < -0.4 is 10.5 Å². The number of nitrogen functional groups attached to an aromatic ring is 1. The molecular formula is C11H18N2O. The summed E-state index contributed by atoms with van der Waals surface area (Å²) in [6.45, 7) is 6.89. The molecule has 0 aliphatic carbocycles. The van der Waals surface area contributed by atoms with Crippen LogP contribution in [0.4, 0.5) is 5.69 Å². The van der Waals surface area contributed by atoms with Gasteiger partial charge in [-0.05, 0) is 37.4 Å². The van der Waals surface area contributed by atoms with Crippen molar-refractivity contribution >= 4 is 5.69 Å². The zero-order valence-corrected chi connectivity index (χ0v) is 8.86. The Morgan fingerprint density at radius 2 is 1.71 bits per heavy atom. The highest BCUT2D eigenvalue weighted by molar-refractivity contribution is 5.41. The normalized spacial score (nSPS) is 10.5. The van der Waals surface area contributed by atoms with Crippen molar-refractivity contribution in [1.29, 1.82) is 0 Å². The molecule has 78 valence electrons. The molecule has 0 saturated heterocycles. The van der Waals surface area contributed by atoms with Crippen LogP contribution in [0.25, 0.3) is 0 Å². The van der Waals surface area contributed by atoms with Gasteiger partial charge in [0.25, 0.3) is 0 Å². The molecule has 2 N–H and O–H groups in total. The largest absolute Gasteiger partial charge is 0.478 e. The lowest BCUT2D eigenvalue weighted by Crippen LogP contribution is -2.27. The minimum absolute atomic E-state index is 0.636. The van der Waals surface area contributed by atoms with Crippen molar-refractivity contribution in [2.45, 2.75) is 13.8 Å². The van der Waals surface area contributed by atoms with Gasteiger partial charge < -0.3 is 10.5 Å². The number of nitrogens with zero attached hydrogens (tertiary/aromatic N) is 1. The number of hydrogen-bond donors (Lipinski definition) is 1. The summed E-state index contributed by atoms with van der Waals surface area (Å²) < 4.78 is 5.58. The Balaban J connectivity index is 2.41. The molecule has 0 amide bonds. The molecule has 0 aliphatic rings. The van der Waals surface area contributed by atoms with E-state index in [9.17, 15) is 0 Å². The van der Waals surface area contributed by atoms with Crippen LogP contribution in [0.5, 0.6) is 5.75 Å². The molecule has 0 aromatic heterocycles. The van der Waals surface area contributed by atoms with E-state index in [1.807, 2.05) is 24.3 Å². The minimum Gasteiger partial charge on any atom is -0.478 e. The molecule has 0 bridgehead atoms. The van der Waals surface area contributed by atoms with Gasteiger partial charge in [0.1, 0.15) is 12.5 Å². The Labute approximate surface area is 85.5 Å². The van der Waals surface area contributed by atoms with Gasteiger partial charge in [0, 0.05) is 5.69 Å². The summed E-state index contributed by atoms with van der Waals surface area (Å²) in [5.74, 6) is 0.867. The number of ether oxygens (including phenoxy) is 1. The second-order valence-corrected chi connectivity index (χ2v) is 3.15. The number of hydrogen-bond acceptors (Lipinski definition) is 3. The van der Waals surface area contributed by atoms with Crippen molar-refractivity contribution in [3.05, 3.63) is 24.3 Å². The molecule has 0 atom stereocenters. The van der Waals surface area contributed by atoms with Crippen LogP contribution >= 0.6 is 0 Å². The second kappa shape index (κ2) is 5.50. The highest BCUT2D eigenvalue weighted by Crippen LogP contribution is 2.13. The zero-order chi connectivity index (χ0) is 10.4. The van der Waals surface area contributed by atoms with E-state index in [2.05, 4.69) is 18.7 Å². The van der Waals surface area contributed by atoms with Gasteiger partial charge in [0.05, 0.1) is 0 Å². The van der Waals surface area contributed by atoms with Crippen molar-refractivity contribution < 1.29 is 4.74 Å². The third kappa shape index (κ3) is 3.26. The third-order valence-electron chi connectivity index (χ3n) is 2.19. The third-order valence-corrected chi connectivity index (χ3v) is 2.19. The molecule has 0 heterocycles. The van der Waals surface area contributed by atoms with Crippen LogP contribution in [-0.2, 0) is 0 Å². The van der Waals surface area contributed by atoms with E-state index in [1.54, 1.807) is 0 Å². The topological polar surface area (TPSA) is 38.5 Å². The maximum atomic E-state index is 5.58. The highest BCUT2D eigenvalue weighted by atomic mass is 16.5. The number of benzene rings is 1. The van der Waals surface area contributed by atoms with Gasteiger partial charge in [-0.1, -0.05) is 13.8 Å². The lowest BCUT2D eigenvalue weighted by molar-refractivity contribution is 0.137. The maximum Gasteiger partial charge on any atom is 0.142 e. The van der Waals surface area contributed by atoms with Crippen LogP contribution in [0.3, 0.4) is 0 Å². The van der Waals surface area contributed by atoms with Crippen LogP contribution in [0.15, 0.2) is 24.3 Å². The van der Waals surface area contributed by atoms with Gasteiger partial charge in [-0.3, -0.25) is 4.90 Å². The van der Waals surface area contributed by atoms with Gasteiger partial charge in [0.2, 0.25) is 0 Å². The fraction of sp³-hybridized carbons (Fsp3) is 0.455. The fourth-order valence-corrected chi connectivity index (χ4v) is 1.14. The average Bonchev–Trinajstić information content (AvgIpc) is 2.22. The van der Waals surface area contributed by atoms with Gasteiger partial charge in [-0.25, -0.2) is 0 Å². The first-order chi connectivity index (χ1) is 6.76. The summed E-state index contributed by atoms with van der Waals surface area (Å²) >= 11 is 0. The van der Waals surface area contributed by atoms with Crippen molar-refractivity contribution in [2.24, 2.45) is 0 Å². The number of nitrogens with two attached hydrogens (primary N) is 1. The fourth-order valence-electron chi connectivity index (χ4n) is 1.14. The van der Waals surface area contributed by atoms with Crippen molar-refractivity contribution in [2.75, 3.05) is 25.6 Å². The van der Waals surface area contributed by atoms with Crippen LogP contribution in [0.2, 0.25) is 0 Å². The molecule has 3 nitrogen and oxygen atoms in total. The average molecular weight is 194 g/mol. The molecule has 0 radical (unpaired) electrons. The molecule has 0 saturated carbocycles. The molecule has 0 aliphatic heterocycles. The van der Waals surface area contributed by atoms with Gasteiger partial charge >= 0.3 is 0 Å². The monoisotopic (exact) mass is 194 g/mol. The van der Waals surface area contributed by atoms with E-state index < -0.39 is 0 Å². The van der Waals surface area contributed by atoms with E-state index in [1.165, 1.54) is 0 Å². The highest BCUT2D eigenvalue weighted by Gasteiger charge is 1.99. The SMILES string of the molecule is CCN(CC)COc1ccc(N)cc1. The summed E-state index contributed by atoms with van der Waals surface area (Å²) in [6.07, 6.45) is 0. The summed E-state index contributed by atoms with van der Waals surface area (Å²) in [5, 5.41) is 0. The van der Waals surface area contributed by atoms with E-state index in [0.29, 0.717) is 6.73 Å². The summed E-state index contributed by atoms with van der Waals surface area (Å²) in [4.78, 5) is 2.20. The van der Waals surface area contributed by atoms with E-state index in [-0.39, 0.29) is 0 Å². The summed E-state index contributed by atoms with van der Waals surface area (Å²) in [6, 6.07) is 7.47. The van der Waals surface area contributed by atoms with Crippen molar-refractivity contribution in [1.82, 2.24) is 4.90 Å². The molecule has 0 fully saturated rings. The lowest BCUT2D eigenvalue weighted by Gasteiger charge is -2.18. The lowest BCUT2D eigenvalue weighted by atomic mass is 10.3. The van der Waals surface area contributed by atoms with Crippen molar-refractivity contribution in [3.63, 3.8) is 0 Å². The first-order valence-corrected chi connectivity index (χ1v) is 4.97. The molecular weight excluding hydrogens is 176 g/mol. The standard InChI is InChI=1S/C11H18N2O/c1-3-13(4-2)9-14-11-7-5-10(12)6-8-11/h5-8H,3-4,9,12H2,1-2H3. The molecule has 1 aromatic carbocycles. The van der Waals surface area contributed by atoms with Gasteiger partial charge in [-0.2, -0.15) is 0 Å². The quantitative estimate of drug-likeness (QED) is 0.575. The predicted molar refractivity (Wildman–Crippen MR) is 59.3 cm³/mol. The van der Waals surface area contributed by atoms with Crippen LogP contribution in [0, 0.1) is 0 Å². The first kappa shape index (κ1) is 10.9. The van der Waals surface area contributed by atoms with Gasteiger partial charge in [-0.15, -0.1) is 0 Å². The van der Waals surface area contributed by atoms with E-state index >= 15 is 0 Å². The van der Waals surface area contributed by atoms with Crippen LogP contribution in [-0.4, -0.2) is 24.7 Å². The Kier molecular flexibility index (Phi) is 4.26. The molecule has 1 aromatic rings. The maximum absolute atomic E-state index is 5.58. The molecule has 14 heavy (non-hydrogen) atoms. The number of anilines is 1. The van der Waals surface area contributed by atoms with E-state index in [0.717, 1.165) is 24.5 Å². The molecule has 3 heteroatoms. The smallest absolute Gasteiger partial charge is 0.142 e. The Morgan fingerprint density at radius 3 is 2.21 bits per heavy atom. The van der Waals surface area contributed by atoms with E-state index in [4.69, 9.17) is 10.5 Å². The molecule has 1 rings (SSSR count). The predicted octanol–water partition coefficient (Wildman–Crippen LogP) is 1.95. The Hall–Kier alpha value is -1.22. The Morgan fingerprint density at radius 1 is 1.14 bits per heavy atom. The summed E-state index contributed by atoms with van der Waals surface area (Å²) in [7, 11) is 0. The Bertz CT molecular complexity index is 254. The molecule has 0 spiro atoms. The number of rotatable bonds is 5. The van der Waals surface area contributed by atoms with Crippen molar-refractivity contribution in [3.8, 4) is 5.75 Å². The minimum atomic E-state index is 0.636. The summed E-state index contributed by atoms with van der Waals surface area (Å²) in [5.41, 5.74) is 6.33. The second-order valence-electron chi connectivity index (χ2n) is 3.15. The van der Waals surface area contributed by atoms with Crippen LogP contribution in [0.1, 0.15) is 13.8 Å². The molecule has 0 unspecified atom stereocenters.